The van der Waals surface area contributed by atoms with E-state index in [0.717, 1.165) is 28.5 Å². The minimum absolute atomic E-state index is 0.565. The van der Waals surface area contributed by atoms with Crippen molar-refractivity contribution < 1.29 is 0 Å². The molecular weight excluding hydrogens is 286 g/mol. The molecule has 1 saturated carbocycles. The van der Waals surface area contributed by atoms with Gasteiger partial charge >= 0.3 is 0 Å². The molecule has 116 valence electrons. The van der Waals surface area contributed by atoms with Crippen LogP contribution in [0.1, 0.15) is 30.1 Å². The van der Waals surface area contributed by atoms with Crippen LogP contribution in [0.2, 0.25) is 0 Å². The molecule has 1 aliphatic carbocycles. The topological polar surface area (TPSA) is 55.6 Å². The Morgan fingerprint density at radius 2 is 2.00 bits per heavy atom. The maximum Gasteiger partial charge on any atom is 0.133 e. The van der Waals surface area contributed by atoms with Crippen LogP contribution in [-0.2, 0) is 13.6 Å². The number of nitrogens with one attached hydrogen (secondary N) is 1. The van der Waals surface area contributed by atoms with Gasteiger partial charge in [-0.1, -0.05) is 30.3 Å². The summed E-state index contributed by atoms with van der Waals surface area (Å²) in [6.45, 7) is 0.694. The summed E-state index contributed by atoms with van der Waals surface area (Å²) in [6, 6.07) is 12.2. The molecule has 0 atom stereocenters. The third-order valence-electron chi connectivity index (χ3n) is 4.03. The quantitative estimate of drug-likeness (QED) is 0.785. The maximum atomic E-state index is 4.61. The average molecular weight is 305 g/mol. The molecule has 1 aliphatic rings. The molecule has 0 unspecified atom stereocenters. The first kappa shape index (κ1) is 13.9. The molecule has 4 rings (SSSR count). The average Bonchev–Trinajstić information content (AvgIpc) is 3.37. The third-order valence-corrected chi connectivity index (χ3v) is 4.03. The fraction of sp³-hybridized carbons (Fsp3) is 0.278. The molecule has 1 fully saturated rings. The second-order valence-corrected chi connectivity index (χ2v) is 5.97. The number of nitrogens with zero attached hydrogens (tertiary/aromatic N) is 4. The SMILES string of the molecule is Cn1cc(CNc2ccnc(C3CC3)n2)c(-c2ccccc2)n1. The molecule has 2 aromatic heterocycles. The van der Waals surface area contributed by atoms with Crippen molar-refractivity contribution in [1.82, 2.24) is 19.7 Å². The minimum atomic E-state index is 0.565. The van der Waals surface area contributed by atoms with Crippen molar-refractivity contribution in [3.05, 3.63) is 60.2 Å². The number of aromatic nitrogens is 4. The Kier molecular flexibility index (Phi) is 3.54. The van der Waals surface area contributed by atoms with Gasteiger partial charge in [-0.25, -0.2) is 9.97 Å². The van der Waals surface area contributed by atoms with Crippen molar-refractivity contribution in [3.8, 4) is 11.3 Å². The van der Waals surface area contributed by atoms with Gasteiger partial charge in [0.15, 0.2) is 0 Å². The molecule has 23 heavy (non-hydrogen) atoms. The second kappa shape index (κ2) is 5.83. The smallest absolute Gasteiger partial charge is 0.133 e. The first-order valence-corrected chi connectivity index (χ1v) is 7.94. The molecule has 0 bridgehead atoms. The zero-order chi connectivity index (χ0) is 15.6. The van der Waals surface area contributed by atoms with Crippen molar-refractivity contribution >= 4 is 5.82 Å². The Morgan fingerprint density at radius 3 is 2.78 bits per heavy atom. The molecule has 0 radical (unpaired) electrons. The van der Waals surface area contributed by atoms with E-state index in [1.54, 1.807) is 0 Å². The highest BCUT2D eigenvalue weighted by Gasteiger charge is 2.26. The number of hydrogen-bond donors (Lipinski definition) is 1. The molecule has 3 aromatic rings. The van der Waals surface area contributed by atoms with E-state index >= 15 is 0 Å². The van der Waals surface area contributed by atoms with Gasteiger partial charge < -0.3 is 5.32 Å². The Bertz CT molecular complexity index is 805. The van der Waals surface area contributed by atoms with Gasteiger partial charge in [0, 0.05) is 43.0 Å². The molecule has 5 nitrogen and oxygen atoms in total. The predicted octanol–water partition coefficient (Wildman–Crippen LogP) is 3.37. The van der Waals surface area contributed by atoms with Crippen LogP contribution >= 0.6 is 0 Å². The van der Waals surface area contributed by atoms with E-state index in [9.17, 15) is 0 Å². The van der Waals surface area contributed by atoms with Gasteiger partial charge in [0.2, 0.25) is 0 Å². The van der Waals surface area contributed by atoms with Crippen LogP contribution in [0.5, 0.6) is 0 Å². The zero-order valence-corrected chi connectivity index (χ0v) is 13.1. The van der Waals surface area contributed by atoms with Crippen LogP contribution < -0.4 is 5.32 Å². The third kappa shape index (κ3) is 3.08. The van der Waals surface area contributed by atoms with Gasteiger partial charge in [-0.05, 0) is 18.9 Å². The van der Waals surface area contributed by atoms with Crippen LogP contribution in [-0.4, -0.2) is 19.7 Å². The lowest BCUT2D eigenvalue weighted by Crippen LogP contribution is -2.04. The van der Waals surface area contributed by atoms with E-state index in [1.807, 2.05) is 42.2 Å². The monoisotopic (exact) mass is 305 g/mol. The van der Waals surface area contributed by atoms with Crippen LogP contribution in [0.3, 0.4) is 0 Å². The molecular formula is C18H19N5. The maximum absolute atomic E-state index is 4.61. The minimum Gasteiger partial charge on any atom is -0.366 e. The summed E-state index contributed by atoms with van der Waals surface area (Å²) < 4.78 is 1.86. The fourth-order valence-corrected chi connectivity index (χ4v) is 2.70. The van der Waals surface area contributed by atoms with Crippen LogP contribution in [0.15, 0.2) is 48.8 Å². The van der Waals surface area contributed by atoms with Crippen molar-refractivity contribution in [2.75, 3.05) is 5.32 Å². The Morgan fingerprint density at radius 1 is 1.17 bits per heavy atom. The lowest BCUT2D eigenvalue weighted by atomic mass is 10.1. The lowest BCUT2D eigenvalue weighted by Gasteiger charge is -2.07. The van der Waals surface area contributed by atoms with Gasteiger partial charge in [-0.15, -0.1) is 0 Å². The number of hydrogen-bond acceptors (Lipinski definition) is 4. The van der Waals surface area contributed by atoms with Gasteiger partial charge in [0.25, 0.3) is 0 Å². The van der Waals surface area contributed by atoms with Crippen molar-refractivity contribution in [2.24, 2.45) is 7.05 Å². The second-order valence-electron chi connectivity index (χ2n) is 5.97. The van der Waals surface area contributed by atoms with E-state index in [1.165, 1.54) is 12.8 Å². The molecule has 0 spiro atoms. The predicted molar refractivity (Wildman–Crippen MR) is 90.0 cm³/mol. The van der Waals surface area contributed by atoms with Crippen molar-refractivity contribution in [1.29, 1.82) is 0 Å². The summed E-state index contributed by atoms with van der Waals surface area (Å²) >= 11 is 0. The van der Waals surface area contributed by atoms with E-state index in [2.05, 4.69) is 38.7 Å². The highest BCUT2D eigenvalue weighted by molar-refractivity contribution is 5.63. The molecule has 0 aliphatic heterocycles. The Balaban J connectivity index is 1.54. The van der Waals surface area contributed by atoms with E-state index in [4.69, 9.17) is 0 Å². The van der Waals surface area contributed by atoms with Crippen LogP contribution in [0, 0.1) is 0 Å². The lowest BCUT2D eigenvalue weighted by molar-refractivity contribution is 0.770. The van der Waals surface area contributed by atoms with E-state index < -0.39 is 0 Å². The van der Waals surface area contributed by atoms with Gasteiger partial charge in [-0.2, -0.15) is 5.10 Å². The largest absolute Gasteiger partial charge is 0.366 e. The summed E-state index contributed by atoms with van der Waals surface area (Å²) in [6.07, 6.45) is 6.32. The standard InChI is InChI=1S/C18H19N5/c1-23-12-15(17(22-23)13-5-3-2-4-6-13)11-20-16-9-10-19-18(21-16)14-7-8-14/h2-6,9-10,12,14H,7-8,11H2,1H3,(H,19,20,21). The Labute approximate surface area is 135 Å². The number of aryl methyl sites for hydroxylation is 1. The van der Waals surface area contributed by atoms with Crippen LogP contribution in [0.4, 0.5) is 5.82 Å². The highest BCUT2D eigenvalue weighted by atomic mass is 15.3. The van der Waals surface area contributed by atoms with Gasteiger partial charge in [0.05, 0.1) is 5.69 Å². The summed E-state index contributed by atoms with van der Waals surface area (Å²) in [4.78, 5) is 8.97. The molecule has 0 amide bonds. The highest BCUT2D eigenvalue weighted by Crippen LogP contribution is 2.38. The number of benzene rings is 1. The zero-order valence-electron chi connectivity index (χ0n) is 13.1. The summed E-state index contributed by atoms with van der Waals surface area (Å²) in [7, 11) is 1.95. The van der Waals surface area contributed by atoms with Crippen molar-refractivity contribution in [3.63, 3.8) is 0 Å². The molecule has 1 N–H and O–H groups in total. The first-order chi connectivity index (χ1) is 11.3. The normalized spacial score (nSPS) is 14.0. The molecule has 1 aromatic carbocycles. The number of anilines is 1. The molecule has 2 heterocycles. The number of rotatable bonds is 5. The molecule has 0 saturated heterocycles. The van der Waals surface area contributed by atoms with Crippen LogP contribution in [0.25, 0.3) is 11.3 Å². The first-order valence-electron chi connectivity index (χ1n) is 7.94. The Hall–Kier alpha value is -2.69. The molecule has 5 heteroatoms. The van der Waals surface area contributed by atoms with Crippen molar-refractivity contribution in [2.45, 2.75) is 25.3 Å². The van der Waals surface area contributed by atoms with E-state index in [-0.39, 0.29) is 0 Å². The fourth-order valence-electron chi connectivity index (χ4n) is 2.70. The summed E-state index contributed by atoms with van der Waals surface area (Å²) in [5, 5.41) is 8.00. The van der Waals surface area contributed by atoms with Gasteiger partial charge in [0.1, 0.15) is 11.6 Å². The van der Waals surface area contributed by atoms with E-state index in [0.29, 0.717) is 12.5 Å². The summed E-state index contributed by atoms with van der Waals surface area (Å²) in [5.41, 5.74) is 3.30. The summed E-state index contributed by atoms with van der Waals surface area (Å²) in [5.74, 6) is 2.41. The van der Waals surface area contributed by atoms with Gasteiger partial charge in [-0.3, -0.25) is 4.68 Å².